The molecule has 0 saturated carbocycles. The van der Waals surface area contributed by atoms with Crippen molar-refractivity contribution in [3.63, 3.8) is 0 Å². The molecule has 0 unspecified atom stereocenters. The summed E-state index contributed by atoms with van der Waals surface area (Å²) in [5, 5.41) is 6.67. The Labute approximate surface area is 154 Å². The van der Waals surface area contributed by atoms with Gasteiger partial charge in [0, 0.05) is 11.1 Å². The normalized spacial score (nSPS) is 17.4. The molecular weight excluding hydrogens is 363 g/mol. The van der Waals surface area contributed by atoms with Crippen LogP contribution in [0.25, 0.3) is 6.08 Å². The van der Waals surface area contributed by atoms with E-state index in [9.17, 15) is 4.79 Å². The molecule has 1 amide bonds. The van der Waals surface area contributed by atoms with E-state index < -0.39 is 0 Å². The number of carbonyl (C=O) groups is 1. The van der Waals surface area contributed by atoms with Gasteiger partial charge in [0.2, 0.25) is 6.79 Å². The summed E-state index contributed by atoms with van der Waals surface area (Å²) >= 11 is 12.3. The first-order valence-electron chi connectivity index (χ1n) is 7.49. The van der Waals surface area contributed by atoms with E-state index in [4.69, 9.17) is 32.7 Å². The van der Waals surface area contributed by atoms with Gasteiger partial charge >= 0.3 is 0 Å². The molecule has 0 radical (unpaired) electrons. The number of ether oxygens (including phenoxy) is 2. The molecule has 0 aromatic heterocycles. The SMILES string of the molecule is CC1=NN(c2cccc(Cl)c2)C(=O)/C1=C/c1cc2c(cc1Cl)OCO2. The number of anilines is 1. The third-order valence-corrected chi connectivity index (χ3v) is 4.47. The zero-order chi connectivity index (χ0) is 17.6. The van der Waals surface area contributed by atoms with Crippen LogP contribution < -0.4 is 14.5 Å². The number of nitrogens with zero attached hydrogens (tertiary/aromatic N) is 2. The highest BCUT2D eigenvalue weighted by Gasteiger charge is 2.29. The predicted octanol–water partition coefficient (Wildman–Crippen LogP) is 4.53. The van der Waals surface area contributed by atoms with Crippen LogP contribution in [0.15, 0.2) is 47.1 Å². The molecule has 2 aliphatic heterocycles. The molecule has 0 aliphatic carbocycles. The quantitative estimate of drug-likeness (QED) is 0.725. The van der Waals surface area contributed by atoms with Gasteiger partial charge in [-0.05, 0) is 42.8 Å². The van der Waals surface area contributed by atoms with Crippen molar-refractivity contribution in [2.24, 2.45) is 5.10 Å². The van der Waals surface area contributed by atoms with Gasteiger partial charge in [-0.15, -0.1) is 0 Å². The Kier molecular flexibility index (Phi) is 3.90. The third kappa shape index (κ3) is 2.86. The maximum Gasteiger partial charge on any atom is 0.280 e. The topological polar surface area (TPSA) is 51.1 Å². The Morgan fingerprint density at radius 3 is 2.68 bits per heavy atom. The fraction of sp³-hybridized carbons (Fsp3) is 0.111. The number of benzene rings is 2. The number of rotatable bonds is 2. The average molecular weight is 375 g/mol. The lowest BCUT2D eigenvalue weighted by Gasteiger charge is -2.11. The van der Waals surface area contributed by atoms with E-state index in [0.29, 0.717) is 44.1 Å². The van der Waals surface area contributed by atoms with Crippen molar-refractivity contribution in [2.75, 3.05) is 11.8 Å². The summed E-state index contributed by atoms with van der Waals surface area (Å²) in [5.74, 6) is 0.951. The molecule has 0 bridgehead atoms. The van der Waals surface area contributed by atoms with Crippen molar-refractivity contribution in [3.05, 3.63) is 57.6 Å². The fourth-order valence-corrected chi connectivity index (χ4v) is 3.06. The standard InChI is InChI=1S/C18H12Cl2N2O3/c1-10-14(5-11-6-16-17(8-15(11)20)25-9-24-16)18(23)22(21-10)13-4-2-3-12(19)7-13/h2-8H,9H2,1H3/b14-5+. The summed E-state index contributed by atoms with van der Waals surface area (Å²) in [7, 11) is 0. The van der Waals surface area contributed by atoms with E-state index in [0.717, 1.165) is 0 Å². The zero-order valence-corrected chi connectivity index (χ0v) is 14.6. The maximum absolute atomic E-state index is 12.8. The third-order valence-electron chi connectivity index (χ3n) is 3.91. The van der Waals surface area contributed by atoms with Gasteiger partial charge < -0.3 is 9.47 Å². The second-order valence-electron chi connectivity index (χ2n) is 5.57. The van der Waals surface area contributed by atoms with Crippen LogP contribution in [-0.4, -0.2) is 18.4 Å². The van der Waals surface area contributed by atoms with Gasteiger partial charge in [0.25, 0.3) is 5.91 Å². The van der Waals surface area contributed by atoms with Crippen LogP contribution in [0.4, 0.5) is 5.69 Å². The minimum absolute atomic E-state index is 0.160. The van der Waals surface area contributed by atoms with Gasteiger partial charge in [-0.1, -0.05) is 29.3 Å². The Bertz CT molecular complexity index is 953. The molecule has 0 atom stereocenters. The molecule has 2 heterocycles. The maximum atomic E-state index is 12.8. The monoisotopic (exact) mass is 374 g/mol. The highest BCUT2D eigenvalue weighted by molar-refractivity contribution is 6.35. The van der Waals surface area contributed by atoms with Crippen molar-refractivity contribution in [1.29, 1.82) is 0 Å². The van der Waals surface area contributed by atoms with Gasteiger partial charge in [0.15, 0.2) is 11.5 Å². The van der Waals surface area contributed by atoms with Gasteiger partial charge in [-0.3, -0.25) is 4.79 Å². The molecule has 0 fully saturated rings. The van der Waals surface area contributed by atoms with Crippen LogP contribution in [0, 0.1) is 0 Å². The highest BCUT2D eigenvalue weighted by atomic mass is 35.5. The summed E-state index contributed by atoms with van der Waals surface area (Å²) in [6, 6.07) is 10.4. The summed E-state index contributed by atoms with van der Waals surface area (Å²) in [5.41, 5.74) is 2.33. The molecule has 0 spiro atoms. The Hall–Kier alpha value is -2.50. The number of fused-ring (bicyclic) bond motifs is 1. The number of hydrogen-bond donors (Lipinski definition) is 0. The van der Waals surface area contributed by atoms with Crippen molar-refractivity contribution in [2.45, 2.75) is 6.92 Å². The smallest absolute Gasteiger partial charge is 0.280 e. The average Bonchev–Trinajstić information content (AvgIpc) is 3.14. The van der Waals surface area contributed by atoms with Crippen LogP contribution in [0.3, 0.4) is 0 Å². The van der Waals surface area contributed by atoms with Crippen LogP contribution in [-0.2, 0) is 4.79 Å². The molecule has 0 N–H and O–H groups in total. The first-order valence-corrected chi connectivity index (χ1v) is 8.25. The molecule has 2 aromatic carbocycles. The summed E-state index contributed by atoms with van der Waals surface area (Å²) in [6.45, 7) is 1.93. The highest BCUT2D eigenvalue weighted by Crippen LogP contribution is 2.38. The zero-order valence-electron chi connectivity index (χ0n) is 13.1. The summed E-state index contributed by atoms with van der Waals surface area (Å²) < 4.78 is 10.7. The number of hydrazone groups is 1. The first-order chi connectivity index (χ1) is 12.0. The van der Waals surface area contributed by atoms with Crippen LogP contribution in [0.5, 0.6) is 11.5 Å². The predicted molar refractivity (Wildman–Crippen MR) is 97.6 cm³/mol. The van der Waals surface area contributed by atoms with E-state index >= 15 is 0 Å². The van der Waals surface area contributed by atoms with Gasteiger partial charge in [0.05, 0.1) is 22.0 Å². The second-order valence-corrected chi connectivity index (χ2v) is 6.41. The van der Waals surface area contributed by atoms with Gasteiger partial charge in [-0.2, -0.15) is 10.1 Å². The molecular formula is C18H12Cl2N2O3. The molecule has 5 nitrogen and oxygen atoms in total. The lowest BCUT2D eigenvalue weighted by Crippen LogP contribution is -2.21. The Balaban J connectivity index is 1.71. The number of halogens is 2. The molecule has 7 heteroatoms. The second kappa shape index (κ2) is 6.10. The molecule has 0 saturated heterocycles. The van der Waals surface area contributed by atoms with Crippen LogP contribution in [0.2, 0.25) is 10.0 Å². The van der Waals surface area contributed by atoms with E-state index in [1.807, 2.05) is 0 Å². The van der Waals surface area contributed by atoms with E-state index in [1.54, 1.807) is 49.4 Å². The van der Waals surface area contributed by atoms with Crippen molar-refractivity contribution < 1.29 is 14.3 Å². The number of carbonyl (C=O) groups excluding carboxylic acids is 1. The lowest BCUT2D eigenvalue weighted by molar-refractivity contribution is -0.114. The van der Waals surface area contributed by atoms with Gasteiger partial charge in [0.1, 0.15) is 0 Å². The van der Waals surface area contributed by atoms with Crippen molar-refractivity contribution >= 4 is 46.6 Å². The minimum atomic E-state index is -0.242. The van der Waals surface area contributed by atoms with E-state index in [1.165, 1.54) is 5.01 Å². The summed E-state index contributed by atoms with van der Waals surface area (Å²) in [4.78, 5) is 12.8. The molecule has 2 aliphatic rings. The first kappa shape index (κ1) is 16.0. The van der Waals surface area contributed by atoms with Crippen molar-refractivity contribution in [3.8, 4) is 11.5 Å². The number of amides is 1. The van der Waals surface area contributed by atoms with Crippen LogP contribution in [0.1, 0.15) is 12.5 Å². The minimum Gasteiger partial charge on any atom is -0.454 e. The molecule has 126 valence electrons. The van der Waals surface area contributed by atoms with Gasteiger partial charge in [-0.25, -0.2) is 0 Å². The molecule has 2 aromatic rings. The molecule has 4 rings (SSSR count). The van der Waals surface area contributed by atoms with Crippen LogP contribution >= 0.6 is 23.2 Å². The Morgan fingerprint density at radius 1 is 1.16 bits per heavy atom. The summed E-state index contributed by atoms with van der Waals surface area (Å²) in [6.07, 6.45) is 1.70. The lowest BCUT2D eigenvalue weighted by atomic mass is 10.1. The largest absolute Gasteiger partial charge is 0.454 e. The Morgan fingerprint density at radius 2 is 1.92 bits per heavy atom. The van der Waals surface area contributed by atoms with Crippen molar-refractivity contribution in [1.82, 2.24) is 0 Å². The van der Waals surface area contributed by atoms with E-state index in [2.05, 4.69) is 5.10 Å². The fourth-order valence-electron chi connectivity index (χ4n) is 2.67. The number of hydrogen-bond acceptors (Lipinski definition) is 4. The molecule has 25 heavy (non-hydrogen) atoms. The van der Waals surface area contributed by atoms with E-state index in [-0.39, 0.29) is 12.7 Å².